The van der Waals surface area contributed by atoms with Crippen LogP contribution in [-0.2, 0) is 0 Å². The van der Waals surface area contributed by atoms with Crippen LogP contribution in [0.15, 0.2) is 36.5 Å². The van der Waals surface area contributed by atoms with Gasteiger partial charge in [-0.25, -0.2) is 0 Å². The van der Waals surface area contributed by atoms with E-state index in [0.717, 1.165) is 11.8 Å². The highest BCUT2D eigenvalue weighted by molar-refractivity contribution is 5.55. The van der Waals surface area contributed by atoms with Crippen molar-refractivity contribution in [3.63, 3.8) is 0 Å². The molecule has 5 aliphatic rings. The Hall–Kier alpha value is -0.780. The summed E-state index contributed by atoms with van der Waals surface area (Å²) in [6, 6.07) is 0. The summed E-state index contributed by atoms with van der Waals surface area (Å²) in [6.45, 7) is 13.0. The Morgan fingerprint density at radius 2 is 1.27 bits per heavy atom. The van der Waals surface area contributed by atoms with Gasteiger partial charge < -0.3 is 0 Å². The van der Waals surface area contributed by atoms with Gasteiger partial charge in [-0.15, -0.1) is 0 Å². The summed E-state index contributed by atoms with van der Waals surface area (Å²) in [5, 5.41) is 0. The lowest BCUT2D eigenvalue weighted by Crippen LogP contribution is -2.27. The largest absolute Gasteiger partial charge is 0.0989 e. The third-order valence-corrected chi connectivity index (χ3v) is 5.84. The monoisotopic (exact) mass is 198 g/mol. The third kappa shape index (κ3) is 0.610. The Labute approximate surface area is 91.8 Å². The molecule has 5 aliphatic carbocycles. The van der Waals surface area contributed by atoms with Crippen LogP contribution in [0.25, 0.3) is 0 Å². The van der Waals surface area contributed by atoms with Crippen molar-refractivity contribution in [2.75, 3.05) is 0 Å². The molecule has 0 saturated heterocycles. The van der Waals surface area contributed by atoms with Gasteiger partial charge in [0.1, 0.15) is 0 Å². The molecule has 0 nitrogen and oxygen atoms in total. The molecule has 0 amide bonds. The van der Waals surface area contributed by atoms with Crippen LogP contribution in [0.3, 0.4) is 0 Å². The van der Waals surface area contributed by atoms with E-state index < -0.39 is 0 Å². The number of hydrogen-bond acceptors (Lipinski definition) is 0. The molecule has 0 unspecified atom stereocenters. The number of hydrogen-bond donors (Lipinski definition) is 0. The van der Waals surface area contributed by atoms with E-state index >= 15 is 0 Å². The molecule has 4 atom stereocenters. The topological polar surface area (TPSA) is 0 Å². The molecule has 78 valence electrons. The fraction of sp³-hybridized carbons (Fsp3) is 0.600. The first kappa shape index (κ1) is 8.38. The summed E-state index contributed by atoms with van der Waals surface area (Å²) in [7, 11) is 0. The van der Waals surface area contributed by atoms with E-state index in [9.17, 15) is 0 Å². The molecule has 0 aromatic heterocycles. The summed E-state index contributed by atoms with van der Waals surface area (Å²) in [6.07, 6.45) is 5.72. The van der Waals surface area contributed by atoms with Crippen LogP contribution in [0, 0.1) is 29.1 Å². The Balaban J connectivity index is 1.95. The van der Waals surface area contributed by atoms with Crippen molar-refractivity contribution in [2.45, 2.75) is 25.7 Å². The standard InChI is InChI=1S/C15H18/c1-8-11-9(2)13-12(8)10(3)14(11)15(13)6-4-5-7-15/h11-14H,1-7H2/t11-,12-,13-,14-/m0/s1. The minimum Gasteiger partial charge on any atom is -0.0989 e. The number of allylic oxidation sites excluding steroid dienone is 3. The molecule has 0 aliphatic heterocycles. The molecule has 0 aromatic rings. The van der Waals surface area contributed by atoms with Crippen LogP contribution in [0.5, 0.6) is 0 Å². The van der Waals surface area contributed by atoms with Crippen LogP contribution < -0.4 is 0 Å². The van der Waals surface area contributed by atoms with Crippen LogP contribution >= 0.6 is 0 Å². The Morgan fingerprint density at radius 1 is 0.800 bits per heavy atom. The van der Waals surface area contributed by atoms with E-state index in [0.29, 0.717) is 17.3 Å². The molecule has 4 bridgehead atoms. The summed E-state index contributed by atoms with van der Waals surface area (Å²) in [5.41, 5.74) is 5.09. The summed E-state index contributed by atoms with van der Waals surface area (Å²) < 4.78 is 0. The molecule has 0 radical (unpaired) electrons. The van der Waals surface area contributed by atoms with Gasteiger partial charge in [0.25, 0.3) is 0 Å². The second-order valence-corrected chi connectivity index (χ2v) is 6.08. The van der Waals surface area contributed by atoms with Crippen molar-refractivity contribution < 1.29 is 0 Å². The molecule has 1 spiro atoms. The van der Waals surface area contributed by atoms with Gasteiger partial charge in [-0.2, -0.15) is 0 Å². The maximum Gasteiger partial charge on any atom is 0.00823 e. The fourth-order valence-electron chi connectivity index (χ4n) is 5.59. The molecule has 0 N–H and O–H groups in total. The molecule has 0 heteroatoms. The maximum absolute atomic E-state index is 4.36. The predicted octanol–water partition coefficient (Wildman–Crippen LogP) is 3.72. The maximum atomic E-state index is 4.36. The van der Waals surface area contributed by atoms with E-state index in [1.807, 2.05) is 0 Å². The zero-order valence-corrected chi connectivity index (χ0v) is 9.26. The smallest absolute Gasteiger partial charge is 0.00823 e. The second-order valence-electron chi connectivity index (χ2n) is 6.08. The highest BCUT2D eigenvalue weighted by Gasteiger charge is 2.72. The van der Waals surface area contributed by atoms with Gasteiger partial charge in [0, 0.05) is 11.8 Å². The van der Waals surface area contributed by atoms with Crippen LogP contribution in [0.4, 0.5) is 0 Å². The first-order chi connectivity index (χ1) is 7.18. The first-order valence-corrected chi connectivity index (χ1v) is 6.24. The summed E-state index contributed by atoms with van der Waals surface area (Å²) >= 11 is 0. The summed E-state index contributed by atoms with van der Waals surface area (Å²) in [4.78, 5) is 0. The predicted molar refractivity (Wildman–Crippen MR) is 62.3 cm³/mol. The lowest BCUT2D eigenvalue weighted by molar-refractivity contribution is 0.181. The minimum atomic E-state index is 0.602. The van der Waals surface area contributed by atoms with E-state index in [1.54, 1.807) is 0 Å². The Bertz CT molecular complexity index is 374. The molecular weight excluding hydrogens is 180 g/mol. The van der Waals surface area contributed by atoms with E-state index in [2.05, 4.69) is 19.7 Å². The zero-order chi connectivity index (χ0) is 10.4. The lowest BCUT2D eigenvalue weighted by atomic mass is 9.70. The first-order valence-electron chi connectivity index (χ1n) is 6.24. The van der Waals surface area contributed by atoms with Crippen molar-refractivity contribution in [1.82, 2.24) is 0 Å². The minimum absolute atomic E-state index is 0.602. The Morgan fingerprint density at radius 3 is 1.73 bits per heavy atom. The van der Waals surface area contributed by atoms with E-state index in [4.69, 9.17) is 0 Å². The quantitative estimate of drug-likeness (QED) is 0.520. The molecule has 0 heterocycles. The zero-order valence-electron chi connectivity index (χ0n) is 9.26. The van der Waals surface area contributed by atoms with Gasteiger partial charge in [0.2, 0.25) is 0 Å². The SMILES string of the molecule is C=C1[C@H]2C(=C)[C@H]3[C@@H]1C(=C)[C@@H]2C31CCCC1. The lowest BCUT2D eigenvalue weighted by Gasteiger charge is -2.33. The molecule has 5 rings (SSSR count). The van der Waals surface area contributed by atoms with E-state index in [-0.39, 0.29) is 0 Å². The van der Waals surface area contributed by atoms with Crippen molar-refractivity contribution in [3.8, 4) is 0 Å². The van der Waals surface area contributed by atoms with Crippen LogP contribution in [-0.4, -0.2) is 0 Å². The van der Waals surface area contributed by atoms with Crippen molar-refractivity contribution in [1.29, 1.82) is 0 Å². The van der Waals surface area contributed by atoms with Crippen molar-refractivity contribution >= 4 is 0 Å². The van der Waals surface area contributed by atoms with Crippen LogP contribution in [0.1, 0.15) is 25.7 Å². The molecule has 5 fully saturated rings. The van der Waals surface area contributed by atoms with Gasteiger partial charge in [-0.05, 0) is 30.1 Å². The van der Waals surface area contributed by atoms with Gasteiger partial charge in [0.15, 0.2) is 0 Å². The van der Waals surface area contributed by atoms with Gasteiger partial charge >= 0.3 is 0 Å². The highest BCUT2D eigenvalue weighted by atomic mass is 14.8. The third-order valence-electron chi connectivity index (χ3n) is 5.84. The van der Waals surface area contributed by atoms with Crippen molar-refractivity contribution in [3.05, 3.63) is 36.5 Å². The normalized spacial score (nSPS) is 49.2. The Kier molecular flexibility index (Phi) is 1.21. The second kappa shape index (κ2) is 2.16. The molecule has 5 saturated carbocycles. The number of rotatable bonds is 0. The van der Waals surface area contributed by atoms with Gasteiger partial charge in [-0.1, -0.05) is 49.3 Å². The van der Waals surface area contributed by atoms with Gasteiger partial charge in [-0.3, -0.25) is 0 Å². The fourth-order valence-corrected chi connectivity index (χ4v) is 5.59. The average Bonchev–Trinajstić information content (AvgIpc) is 2.90. The average molecular weight is 198 g/mol. The van der Waals surface area contributed by atoms with Gasteiger partial charge in [0.05, 0.1) is 0 Å². The van der Waals surface area contributed by atoms with Crippen LogP contribution in [0.2, 0.25) is 0 Å². The molecule has 0 aromatic carbocycles. The highest BCUT2D eigenvalue weighted by Crippen LogP contribution is 2.80. The van der Waals surface area contributed by atoms with Crippen molar-refractivity contribution in [2.24, 2.45) is 29.1 Å². The molecule has 15 heavy (non-hydrogen) atoms. The summed E-state index contributed by atoms with van der Waals surface area (Å²) in [5.74, 6) is 2.75. The van der Waals surface area contributed by atoms with E-state index in [1.165, 1.54) is 42.4 Å². The molecular formula is C15H18.